The van der Waals surface area contributed by atoms with Gasteiger partial charge in [0.2, 0.25) is 0 Å². The number of benzene rings is 1. The first kappa shape index (κ1) is 16.1. The molecule has 7 nitrogen and oxygen atoms in total. The number of pyridine rings is 1. The molecule has 26 heavy (non-hydrogen) atoms. The van der Waals surface area contributed by atoms with E-state index in [4.69, 9.17) is 9.26 Å². The highest BCUT2D eigenvalue weighted by atomic mass is 16.5. The number of aryl methyl sites for hydroxylation is 2. The number of aromatic hydroxyl groups is 1. The molecule has 0 saturated heterocycles. The van der Waals surface area contributed by atoms with Crippen LogP contribution in [0.25, 0.3) is 11.1 Å². The Kier molecular flexibility index (Phi) is 3.84. The van der Waals surface area contributed by atoms with E-state index >= 15 is 0 Å². The second-order valence-corrected chi connectivity index (χ2v) is 6.16. The fraction of sp³-hybridized carbons (Fsp3) is 0.211. The number of anilines is 1. The van der Waals surface area contributed by atoms with Crippen molar-refractivity contribution in [3.8, 4) is 22.6 Å². The molecule has 2 aromatic heterocycles. The summed E-state index contributed by atoms with van der Waals surface area (Å²) in [6.07, 6.45) is 3.36. The predicted molar refractivity (Wildman–Crippen MR) is 94.0 cm³/mol. The van der Waals surface area contributed by atoms with Gasteiger partial charge in [-0.25, -0.2) is 0 Å². The van der Waals surface area contributed by atoms with Crippen molar-refractivity contribution in [2.24, 2.45) is 0 Å². The largest absolute Gasteiger partial charge is 0.507 e. The van der Waals surface area contributed by atoms with E-state index in [1.165, 1.54) is 0 Å². The van der Waals surface area contributed by atoms with Crippen LogP contribution in [0.5, 0.6) is 11.5 Å². The summed E-state index contributed by atoms with van der Waals surface area (Å²) < 4.78 is 10.8. The highest BCUT2D eigenvalue weighted by Crippen LogP contribution is 2.43. The minimum Gasteiger partial charge on any atom is -0.507 e. The highest BCUT2D eigenvalue weighted by molar-refractivity contribution is 5.99. The average Bonchev–Trinajstić information content (AvgIpc) is 2.97. The van der Waals surface area contributed by atoms with Crippen LogP contribution in [0.1, 0.15) is 17.0 Å². The molecule has 1 N–H and O–H groups in total. The molecule has 132 valence electrons. The summed E-state index contributed by atoms with van der Waals surface area (Å²) in [6, 6.07) is 6.97. The van der Waals surface area contributed by atoms with Crippen molar-refractivity contribution in [3.63, 3.8) is 0 Å². The maximum atomic E-state index is 12.4. The number of nitrogens with zero attached hydrogens (tertiary/aromatic N) is 3. The van der Waals surface area contributed by atoms with E-state index in [0.717, 1.165) is 11.1 Å². The predicted octanol–water partition coefficient (Wildman–Crippen LogP) is 2.98. The molecule has 0 aliphatic carbocycles. The lowest BCUT2D eigenvalue weighted by Gasteiger charge is -2.30. The topological polar surface area (TPSA) is 88.7 Å². The van der Waals surface area contributed by atoms with Gasteiger partial charge in [-0.05, 0) is 37.6 Å². The van der Waals surface area contributed by atoms with E-state index in [1.807, 2.05) is 19.1 Å². The number of aromatic nitrogens is 2. The lowest BCUT2D eigenvalue weighted by atomic mass is 10.0. The van der Waals surface area contributed by atoms with Crippen molar-refractivity contribution < 1.29 is 19.2 Å². The average molecular weight is 351 g/mol. The third-order valence-corrected chi connectivity index (χ3v) is 4.41. The fourth-order valence-electron chi connectivity index (χ4n) is 3.15. The summed E-state index contributed by atoms with van der Waals surface area (Å²) in [6.45, 7) is 3.92. The number of amides is 1. The second kappa shape index (κ2) is 6.18. The number of carbonyl (C=O) groups is 1. The smallest absolute Gasteiger partial charge is 0.265 e. The van der Waals surface area contributed by atoms with Crippen LogP contribution in [0.15, 0.2) is 41.2 Å². The van der Waals surface area contributed by atoms with Crippen LogP contribution >= 0.6 is 0 Å². The van der Waals surface area contributed by atoms with Crippen molar-refractivity contribution >= 4 is 11.6 Å². The summed E-state index contributed by atoms with van der Waals surface area (Å²) in [4.78, 5) is 18.0. The third-order valence-electron chi connectivity index (χ3n) is 4.41. The molecule has 0 saturated carbocycles. The molecule has 3 aromatic rings. The number of phenolic OH excluding ortho intramolecular Hbond substituents is 1. The number of hydrogen-bond acceptors (Lipinski definition) is 6. The van der Waals surface area contributed by atoms with Gasteiger partial charge in [0.15, 0.2) is 6.61 Å². The van der Waals surface area contributed by atoms with Crippen molar-refractivity contribution in [1.82, 2.24) is 10.1 Å². The van der Waals surface area contributed by atoms with Crippen LogP contribution in [0.2, 0.25) is 0 Å². The highest BCUT2D eigenvalue weighted by Gasteiger charge is 2.28. The summed E-state index contributed by atoms with van der Waals surface area (Å²) in [7, 11) is 0. The van der Waals surface area contributed by atoms with E-state index in [2.05, 4.69) is 10.1 Å². The summed E-state index contributed by atoms with van der Waals surface area (Å²) in [5, 5.41) is 14.5. The Morgan fingerprint density at radius 2 is 2.00 bits per heavy atom. The normalized spacial score (nSPS) is 13.5. The van der Waals surface area contributed by atoms with E-state index in [1.54, 1.807) is 36.4 Å². The van der Waals surface area contributed by atoms with Gasteiger partial charge >= 0.3 is 0 Å². The molecule has 4 rings (SSSR count). The van der Waals surface area contributed by atoms with Crippen LogP contribution in [-0.4, -0.2) is 27.8 Å². The maximum Gasteiger partial charge on any atom is 0.265 e. The zero-order valence-electron chi connectivity index (χ0n) is 14.4. The van der Waals surface area contributed by atoms with Gasteiger partial charge in [0, 0.05) is 24.0 Å². The molecule has 3 heterocycles. The van der Waals surface area contributed by atoms with Crippen molar-refractivity contribution in [2.45, 2.75) is 20.4 Å². The first-order valence-corrected chi connectivity index (χ1v) is 8.17. The molecule has 7 heteroatoms. The molecular weight excluding hydrogens is 334 g/mol. The fourth-order valence-corrected chi connectivity index (χ4v) is 3.15. The molecule has 0 atom stereocenters. The van der Waals surface area contributed by atoms with Gasteiger partial charge in [0.1, 0.15) is 17.3 Å². The lowest BCUT2D eigenvalue weighted by molar-refractivity contribution is -0.121. The zero-order valence-corrected chi connectivity index (χ0v) is 14.4. The molecule has 0 bridgehead atoms. The van der Waals surface area contributed by atoms with Crippen LogP contribution in [0.4, 0.5) is 5.69 Å². The van der Waals surface area contributed by atoms with Gasteiger partial charge in [0.25, 0.3) is 5.91 Å². The van der Waals surface area contributed by atoms with Gasteiger partial charge < -0.3 is 19.3 Å². The number of rotatable bonds is 3. The second-order valence-electron chi connectivity index (χ2n) is 6.16. The first-order valence-electron chi connectivity index (χ1n) is 8.17. The summed E-state index contributed by atoms with van der Waals surface area (Å²) in [5.74, 6) is 1.01. The Labute approximate surface area is 149 Å². The standard InChI is InChI=1S/C19H17N3O4/c1-11-19(12(2)26-21-11)14-7-17-15(8-16(14)23)22(18(24)10-25-17)9-13-3-5-20-6-4-13/h3-8,23H,9-10H2,1-2H3. The van der Waals surface area contributed by atoms with Gasteiger partial charge in [-0.3, -0.25) is 9.78 Å². The Balaban J connectivity index is 1.78. The number of carbonyl (C=O) groups excluding carboxylic acids is 1. The number of phenols is 1. The third kappa shape index (κ3) is 2.67. The minimum absolute atomic E-state index is 0.0381. The van der Waals surface area contributed by atoms with E-state index in [0.29, 0.717) is 35.0 Å². The Morgan fingerprint density at radius 1 is 1.23 bits per heavy atom. The van der Waals surface area contributed by atoms with Crippen LogP contribution in [0.3, 0.4) is 0 Å². The molecule has 0 unspecified atom stereocenters. The summed E-state index contributed by atoms with van der Waals surface area (Å²) >= 11 is 0. The minimum atomic E-state index is -0.168. The first-order chi connectivity index (χ1) is 12.5. The van der Waals surface area contributed by atoms with Crippen LogP contribution in [0, 0.1) is 13.8 Å². The van der Waals surface area contributed by atoms with E-state index in [9.17, 15) is 9.90 Å². The van der Waals surface area contributed by atoms with E-state index in [-0.39, 0.29) is 18.3 Å². The molecule has 0 fully saturated rings. The quantitative estimate of drug-likeness (QED) is 0.780. The molecular formula is C19H17N3O4. The molecule has 1 aromatic carbocycles. The van der Waals surface area contributed by atoms with Gasteiger partial charge in [-0.2, -0.15) is 0 Å². The molecule has 0 spiro atoms. The van der Waals surface area contributed by atoms with E-state index < -0.39 is 0 Å². The van der Waals surface area contributed by atoms with Crippen molar-refractivity contribution in [1.29, 1.82) is 0 Å². The zero-order chi connectivity index (χ0) is 18.3. The number of fused-ring (bicyclic) bond motifs is 1. The molecule has 1 amide bonds. The van der Waals surface area contributed by atoms with Gasteiger partial charge in [-0.15, -0.1) is 0 Å². The van der Waals surface area contributed by atoms with Gasteiger partial charge in [-0.1, -0.05) is 5.16 Å². The monoisotopic (exact) mass is 351 g/mol. The Bertz CT molecular complexity index is 962. The van der Waals surface area contributed by atoms with Gasteiger partial charge in [0.05, 0.1) is 23.5 Å². The van der Waals surface area contributed by atoms with Crippen LogP contribution in [-0.2, 0) is 11.3 Å². The molecule has 0 radical (unpaired) electrons. The Hall–Kier alpha value is -3.35. The number of ether oxygens (including phenoxy) is 1. The Morgan fingerprint density at radius 3 is 2.69 bits per heavy atom. The van der Waals surface area contributed by atoms with Crippen molar-refractivity contribution in [3.05, 3.63) is 53.7 Å². The SMILES string of the molecule is Cc1noc(C)c1-c1cc2c(cc1O)N(Cc1ccncc1)C(=O)CO2. The number of hydrogen-bond donors (Lipinski definition) is 1. The molecule has 1 aliphatic heterocycles. The maximum absolute atomic E-state index is 12.4. The van der Waals surface area contributed by atoms with Crippen LogP contribution < -0.4 is 9.64 Å². The van der Waals surface area contributed by atoms with Crippen molar-refractivity contribution in [2.75, 3.05) is 11.5 Å². The lowest BCUT2D eigenvalue weighted by Crippen LogP contribution is -2.38. The summed E-state index contributed by atoms with van der Waals surface area (Å²) in [5.41, 5.74) is 3.45. The molecule has 1 aliphatic rings.